The summed E-state index contributed by atoms with van der Waals surface area (Å²) >= 11 is 5.47. The number of hydrogen-bond acceptors (Lipinski definition) is 0. The Morgan fingerprint density at radius 2 is 2.36 bits per heavy atom. The van der Waals surface area contributed by atoms with Crippen molar-refractivity contribution in [1.29, 1.82) is 0 Å². The first-order valence-corrected chi connectivity index (χ1v) is 4.01. The highest BCUT2D eigenvalue weighted by atomic mass is 35.5. The van der Waals surface area contributed by atoms with E-state index in [-0.39, 0.29) is 5.82 Å². The summed E-state index contributed by atoms with van der Waals surface area (Å²) < 4.78 is 20.2. The van der Waals surface area contributed by atoms with Crippen LogP contribution in [0.15, 0.2) is 24.3 Å². The third-order valence-corrected chi connectivity index (χ3v) is 1.56. The molecule has 0 amide bonds. The molecule has 11 heavy (non-hydrogen) atoms. The lowest BCUT2D eigenvalue weighted by Gasteiger charge is -1.97. The minimum atomic E-state index is -0.404. The molecular formula is C9H10ClF. The molecule has 0 heterocycles. The van der Waals surface area contributed by atoms with E-state index in [2.05, 4.69) is 0 Å². The SMILES string of the molecule is [2H][C@H](CCCl)c1cccc(F)c1. The molecule has 2 heteroatoms. The van der Waals surface area contributed by atoms with Gasteiger partial charge in [-0.25, -0.2) is 4.39 Å². The summed E-state index contributed by atoms with van der Waals surface area (Å²) in [5.74, 6) is 0.143. The van der Waals surface area contributed by atoms with E-state index < -0.39 is 6.40 Å². The van der Waals surface area contributed by atoms with Crippen molar-refractivity contribution in [1.82, 2.24) is 0 Å². The summed E-state index contributed by atoms with van der Waals surface area (Å²) in [5.41, 5.74) is 0.690. The minimum absolute atomic E-state index is 0.292. The van der Waals surface area contributed by atoms with Crippen molar-refractivity contribution in [2.75, 3.05) is 5.88 Å². The van der Waals surface area contributed by atoms with E-state index >= 15 is 0 Å². The van der Waals surface area contributed by atoms with Crippen LogP contribution in [0.5, 0.6) is 0 Å². The Morgan fingerprint density at radius 1 is 1.55 bits per heavy atom. The molecule has 0 N–H and O–H groups in total. The van der Waals surface area contributed by atoms with E-state index in [0.29, 0.717) is 17.9 Å². The van der Waals surface area contributed by atoms with Crippen molar-refractivity contribution in [2.24, 2.45) is 0 Å². The van der Waals surface area contributed by atoms with Crippen molar-refractivity contribution in [3.63, 3.8) is 0 Å². The van der Waals surface area contributed by atoms with E-state index in [0.717, 1.165) is 0 Å². The normalized spacial score (nSPS) is 14.2. The monoisotopic (exact) mass is 173 g/mol. The van der Waals surface area contributed by atoms with Gasteiger partial charge < -0.3 is 0 Å². The van der Waals surface area contributed by atoms with Gasteiger partial charge in [0.25, 0.3) is 0 Å². The molecule has 0 aliphatic heterocycles. The fourth-order valence-electron chi connectivity index (χ4n) is 0.855. The molecule has 0 bridgehead atoms. The second-order valence-corrected chi connectivity index (χ2v) is 2.61. The largest absolute Gasteiger partial charge is 0.207 e. The van der Waals surface area contributed by atoms with Gasteiger partial charge in [0.1, 0.15) is 5.82 Å². The molecule has 1 atom stereocenters. The maximum absolute atomic E-state index is 12.7. The zero-order valence-corrected chi connectivity index (χ0v) is 6.81. The molecule has 0 saturated heterocycles. The zero-order chi connectivity index (χ0) is 8.97. The van der Waals surface area contributed by atoms with Gasteiger partial charge in [0.2, 0.25) is 0 Å². The third kappa shape index (κ3) is 2.89. The standard InChI is InChI=1S/C9H10ClF/c10-6-2-4-8-3-1-5-9(11)7-8/h1,3,5,7H,2,4,6H2/i4D/t4-/m1/s1. The van der Waals surface area contributed by atoms with Crippen molar-refractivity contribution in [3.05, 3.63) is 35.6 Å². The van der Waals surface area contributed by atoms with Crippen LogP contribution in [-0.2, 0) is 6.40 Å². The van der Waals surface area contributed by atoms with Crippen molar-refractivity contribution >= 4 is 11.6 Å². The van der Waals surface area contributed by atoms with Gasteiger partial charge in [0.15, 0.2) is 0 Å². The molecule has 0 fully saturated rings. The van der Waals surface area contributed by atoms with Crippen LogP contribution in [0.4, 0.5) is 4.39 Å². The Bertz CT molecular complexity index is 252. The van der Waals surface area contributed by atoms with Gasteiger partial charge >= 0.3 is 0 Å². The average Bonchev–Trinajstić information content (AvgIpc) is 2.05. The molecule has 0 aliphatic carbocycles. The van der Waals surface area contributed by atoms with Crippen LogP contribution < -0.4 is 0 Å². The Balaban J connectivity index is 2.73. The van der Waals surface area contributed by atoms with Gasteiger partial charge in [0.05, 0.1) is 0 Å². The number of benzene rings is 1. The first-order chi connectivity index (χ1) is 5.74. The summed E-state index contributed by atoms with van der Waals surface area (Å²) in [6, 6.07) is 6.11. The van der Waals surface area contributed by atoms with Gasteiger partial charge in [0, 0.05) is 7.25 Å². The summed E-state index contributed by atoms with van der Waals surface area (Å²) in [6.07, 6.45) is 0.156. The summed E-state index contributed by atoms with van der Waals surface area (Å²) in [7, 11) is 0. The van der Waals surface area contributed by atoms with Crippen LogP contribution in [0.1, 0.15) is 13.4 Å². The highest BCUT2D eigenvalue weighted by Gasteiger charge is 1.93. The van der Waals surface area contributed by atoms with Gasteiger partial charge in [-0.05, 0) is 30.5 Å². The number of halogens is 2. The van der Waals surface area contributed by atoms with E-state index in [1.807, 2.05) is 0 Å². The second kappa shape index (κ2) is 4.35. The van der Waals surface area contributed by atoms with Crippen molar-refractivity contribution in [3.8, 4) is 0 Å². The molecule has 0 aliphatic rings. The molecular weight excluding hydrogens is 163 g/mol. The molecule has 1 rings (SSSR count). The predicted molar refractivity (Wildman–Crippen MR) is 45.4 cm³/mol. The Labute approximate surface area is 72.4 Å². The van der Waals surface area contributed by atoms with Gasteiger partial charge in [-0.2, -0.15) is 0 Å². The summed E-state index contributed by atoms with van der Waals surface area (Å²) in [6.45, 7) is 0. The van der Waals surface area contributed by atoms with E-state index in [1.165, 1.54) is 12.1 Å². The Morgan fingerprint density at radius 3 is 3.00 bits per heavy atom. The molecule has 60 valence electrons. The minimum Gasteiger partial charge on any atom is -0.207 e. The van der Waals surface area contributed by atoms with Crippen LogP contribution in [-0.4, -0.2) is 5.88 Å². The van der Waals surface area contributed by atoms with E-state index in [4.69, 9.17) is 13.0 Å². The lowest BCUT2D eigenvalue weighted by molar-refractivity contribution is 0.625. The van der Waals surface area contributed by atoms with Crippen LogP contribution in [0.2, 0.25) is 0 Å². The summed E-state index contributed by atoms with van der Waals surface area (Å²) in [5, 5.41) is 0. The number of rotatable bonds is 3. The van der Waals surface area contributed by atoms with E-state index in [1.54, 1.807) is 12.1 Å². The van der Waals surface area contributed by atoms with Crippen LogP contribution in [0.3, 0.4) is 0 Å². The van der Waals surface area contributed by atoms with Crippen molar-refractivity contribution < 1.29 is 5.76 Å². The lowest BCUT2D eigenvalue weighted by atomic mass is 10.1. The highest BCUT2D eigenvalue weighted by Crippen LogP contribution is 2.06. The highest BCUT2D eigenvalue weighted by molar-refractivity contribution is 6.17. The van der Waals surface area contributed by atoms with Crippen LogP contribution in [0, 0.1) is 5.82 Å². The van der Waals surface area contributed by atoms with Crippen molar-refractivity contribution in [2.45, 2.75) is 12.8 Å². The average molecular weight is 174 g/mol. The van der Waals surface area contributed by atoms with Crippen LogP contribution in [0.25, 0.3) is 0 Å². The Kier molecular flexibility index (Phi) is 2.81. The van der Waals surface area contributed by atoms with Gasteiger partial charge in [-0.1, -0.05) is 12.1 Å². The molecule has 0 nitrogen and oxygen atoms in total. The zero-order valence-electron chi connectivity index (χ0n) is 7.06. The number of aryl methyl sites for hydroxylation is 1. The second-order valence-electron chi connectivity index (χ2n) is 2.24. The number of alkyl halides is 1. The number of hydrogen-bond donors (Lipinski definition) is 0. The molecule has 0 radical (unpaired) electrons. The van der Waals surface area contributed by atoms with Crippen LogP contribution >= 0.6 is 11.6 Å². The molecule has 0 saturated carbocycles. The first kappa shape index (κ1) is 7.11. The molecule has 0 unspecified atom stereocenters. The Hall–Kier alpha value is -0.560. The lowest BCUT2D eigenvalue weighted by Crippen LogP contribution is -1.86. The predicted octanol–water partition coefficient (Wildman–Crippen LogP) is 3.00. The van der Waals surface area contributed by atoms with E-state index in [9.17, 15) is 4.39 Å². The quantitative estimate of drug-likeness (QED) is 0.617. The fraction of sp³-hybridized carbons (Fsp3) is 0.333. The smallest absolute Gasteiger partial charge is 0.123 e. The molecule has 1 aromatic carbocycles. The summed E-state index contributed by atoms with van der Waals surface area (Å²) in [4.78, 5) is 0. The molecule has 0 spiro atoms. The first-order valence-electron chi connectivity index (χ1n) is 4.05. The maximum Gasteiger partial charge on any atom is 0.123 e. The fourth-order valence-corrected chi connectivity index (χ4v) is 0.964. The van der Waals surface area contributed by atoms with Gasteiger partial charge in [-0.3, -0.25) is 0 Å². The third-order valence-electron chi connectivity index (χ3n) is 1.34. The molecule has 1 aromatic rings. The van der Waals surface area contributed by atoms with Gasteiger partial charge in [-0.15, -0.1) is 11.6 Å². The topological polar surface area (TPSA) is 0 Å². The maximum atomic E-state index is 12.7. The molecule has 0 aromatic heterocycles.